The van der Waals surface area contributed by atoms with Crippen molar-refractivity contribution in [2.24, 2.45) is 0 Å². The fraction of sp³-hybridized carbons (Fsp3) is 0.526. The normalized spacial score (nSPS) is 12.7. The smallest absolute Gasteiger partial charge is 0.435 e. The lowest BCUT2D eigenvalue weighted by Crippen LogP contribution is -2.63. The molecule has 0 saturated carbocycles. The van der Waals surface area contributed by atoms with Crippen molar-refractivity contribution in [3.63, 3.8) is 0 Å². The molecule has 0 unspecified atom stereocenters. The van der Waals surface area contributed by atoms with Crippen LogP contribution in [0, 0.1) is 0 Å². The van der Waals surface area contributed by atoms with Gasteiger partial charge in [-0.1, -0.05) is 12.6 Å². The summed E-state index contributed by atoms with van der Waals surface area (Å²) in [5.41, 5.74) is -6.57. The molecule has 1 aromatic rings. The lowest BCUT2D eigenvalue weighted by molar-refractivity contribution is -0.356. The largest absolute Gasteiger partial charge is 0.438 e. The van der Waals surface area contributed by atoms with Crippen molar-refractivity contribution in [3.05, 3.63) is 22.8 Å². The molecule has 0 heterocycles. The Balaban J connectivity index is 4.14. The van der Waals surface area contributed by atoms with E-state index in [0.29, 0.717) is 0 Å². The van der Waals surface area contributed by atoms with Crippen molar-refractivity contribution >= 4 is 55.0 Å². The van der Waals surface area contributed by atoms with Crippen LogP contribution in [0.2, 0.25) is 0 Å². The monoisotopic (exact) mass is 560 g/mol. The van der Waals surface area contributed by atoms with Gasteiger partial charge in [-0.05, 0) is 17.2 Å². The number of hydrogen-bond acceptors (Lipinski definition) is 6. The van der Waals surface area contributed by atoms with Gasteiger partial charge >= 0.3 is 23.9 Å². The van der Waals surface area contributed by atoms with E-state index in [4.69, 9.17) is 4.55 Å². The molecule has 1 aromatic carbocycles. The average Bonchev–Trinajstić information content (AvgIpc) is 2.73. The summed E-state index contributed by atoms with van der Waals surface area (Å²) in [5.74, 6) is -6.53. The number of carbonyl (C=O) groups is 3. The van der Waals surface area contributed by atoms with Crippen molar-refractivity contribution in [2.75, 3.05) is 29.6 Å². The summed E-state index contributed by atoms with van der Waals surface area (Å²) < 4.78 is 117. The van der Waals surface area contributed by atoms with Crippen LogP contribution < -0.4 is 9.80 Å². The third-order valence-electron chi connectivity index (χ3n) is 5.62. The molecule has 0 spiro atoms. The van der Waals surface area contributed by atoms with Crippen LogP contribution in [0.25, 0.3) is 0 Å². The molecule has 1 rings (SSSR count). The van der Waals surface area contributed by atoms with Gasteiger partial charge < -0.3 is 14.5 Å². The predicted molar refractivity (Wildman–Crippen MR) is 126 cm³/mol. The molecule has 0 saturated heterocycles. The van der Waals surface area contributed by atoms with E-state index in [1.807, 2.05) is 0 Å². The van der Waals surface area contributed by atoms with Gasteiger partial charge in [0, 0.05) is 33.6 Å². The first-order valence-electron chi connectivity index (χ1n) is 10.6. The molecule has 0 fully saturated rings. The van der Waals surface area contributed by atoms with E-state index in [-0.39, 0.29) is 35.1 Å². The van der Waals surface area contributed by atoms with E-state index in [9.17, 15) is 49.1 Å². The Kier molecular flexibility index (Phi) is 9.54. The van der Waals surface area contributed by atoms with Crippen molar-refractivity contribution in [1.29, 1.82) is 0 Å². The molecule has 0 aromatic heterocycles. The molecule has 9 nitrogen and oxygen atoms in total. The molecule has 2 amide bonds. The second-order valence-electron chi connectivity index (χ2n) is 8.05. The first-order valence-corrected chi connectivity index (χ1v) is 12.2. The Morgan fingerprint density at radius 2 is 1.35 bits per heavy atom. The Bertz CT molecular complexity index is 1170. The number of halogens is 6. The van der Waals surface area contributed by atoms with Crippen LogP contribution in [0.1, 0.15) is 35.3 Å². The molecule has 0 aliphatic carbocycles. The van der Waals surface area contributed by atoms with E-state index in [1.165, 1.54) is 21.9 Å². The summed E-state index contributed by atoms with van der Waals surface area (Å²) in [6.07, 6.45) is -13.1. The van der Waals surface area contributed by atoms with Gasteiger partial charge in [0.05, 0.1) is 11.3 Å². The Hall–Kier alpha value is -2.75. The summed E-state index contributed by atoms with van der Waals surface area (Å²) in [6, 6.07) is 0.837. The summed E-state index contributed by atoms with van der Waals surface area (Å²) in [7, 11) is -0.516. The summed E-state index contributed by atoms with van der Waals surface area (Å²) in [6.45, 7) is 2.21. The van der Waals surface area contributed by atoms with Gasteiger partial charge in [-0.15, -0.1) is 0 Å². The lowest BCUT2D eigenvalue weighted by atomic mass is 9.84. The highest BCUT2D eigenvalue weighted by atomic mass is 32.2. The van der Waals surface area contributed by atoms with Crippen LogP contribution >= 0.6 is 0 Å². The zero-order valence-corrected chi connectivity index (χ0v) is 21.5. The highest BCUT2D eigenvalue weighted by molar-refractivity contribution is 7.85. The fourth-order valence-corrected chi connectivity index (χ4v) is 4.50. The minimum Gasteiger partial charge on any atom is -0.435 e. The number of ether oxygens (including phenoxy) is 1. The van der Waals surface area contributed by atoms with Crippen molar-refractivity contribution < 1.29 is 58.4 Å². The van der Waals surface area contributed by atoms with Crippen LogP contribution in [0.5, 0.6) is 0 Å². The van der Waals surface area contributed by atoms with Crippen LogP contribution in [0.15, 0.2) is 6.07 Å². The maximum absolute atomic E-state index is 13.7. The SMILES string of the molecule is BCc1c(C(=O)OC(CS(=O)(=O)O)(C(F)(F)F)C(F)(F)F)cc(N(C)C(C)=O)c(CB)c1N(C)C(C)=O. The van der Waals surface area contributed by atoms with Gasteiger partial charge in [-0.2, -0.15) is 34.8 Å². The van der Waals surface area contributed by atoms with Crippen molar-refractivity contribution in [2.45, 2.75) is 44.4 Å². The summed E-state index contributed by atoms with van der Waals surface area (Å²) in [5, 5.41) is 0. The number of amides is 2. The standard InChI is InChI=1S/C19H24B2F6N2O7S/c1-9(30)28(3)14-5-11(12(6-20)15(13(14)7-21)29(4)10(2)31)16(32)36-17(18(22,23)24,19(25,26)27)8-37(33,34)35/h5H,6-8,20-21H2,1-4H3,(H,33,34,35). The molecule has 0 aliphatic rings. The fourth-order valence-electron chi connectivity index (χ4n) is 3.60. The van der Waals surface area contributed by atoms with Crippen LogP contribution in [-0.2, 0) is 37.1 Å². The highest BCUT2D eigenvalue weighted by Crippen LogP contribution is 2.48. The average molecular weight is 560 g/mol. The number of alkyl halides is 6. The molecule has 0 radical (unpaired) electrons. The third kappa shape index (κ3) is 6.58. The van der Waals surface area contributed by atoms with Gasteiger partial charge in [0.1, 0.15) is 21.4 Å². The van der Waals surface area contributed by atoms with E-state index < -0.39 is 57.2 Å². The number of nitrogens with zero attached hydrogens (tertiary/aromatic N) is 2. The quantitative estimate of drug-likeness (QED) is 0.217. The maximum atomic E-state index is 13.7. The van der Waals surface area contributed by atoms with E-state index in [2.05, 4.69) is 4.74 Å². The second kappa shape index (κ2) is 10.9. The second-order valence-corrected chi connectivity index (χ2v) is 9.50. The highest BCUT2D eigenvalue weighted by Gasteiger charge is 2.76. The Labute approximate surface area is 210 Å². The topological polar surface area (TPSA) is 121 Å². The van der Waals surface area contributed by atoms with E-state index in [1.54, 1.807) is 7.85 Å². The van der Waals surface area contributed by atoms with Crippen LogP contribution in [0.4, 0.5) is 37.7 Å². The minimum atomic E-state index is -6.52. The van der Waals surface area contributed by atoms with Gasteiger partial charge in [0.25, 0.3) is 10.1 Å². The van der Waals surface area contributed by atoms with Gasteiger partial charge in [-0.25, -0.2) is 4.79 Å². The van der Waals surface area contributed by atoms with Crippen molar-refractivity contribution in [1.82, 2.24) is 0 Å². The summed E-state index contributed by atoms with van der Waals surface area (Å²) >= 11 is 0. The third-order valence-corrected chi connectivity index (χ3v) is 6.40. The van der Waals surface area contributed by atoms with E-state index >= 15 is 0 Å². The molecule has 206 valence electrons. The summed E-state index contributed by atoms with van der Waals surface area (Å²) in [4.78, 5) is 39.2. The minimum absolute atomic E-state index is 0.0468. The molecular weight excluding hydrogens is 536 g/mol. The number of anilines is 2. The van der Waals surface area contributed by atoms with Crippen LogP contribution in [0.3, 0.4) is 0 Å². The first-order chi connectivity index (χ1) is 16.6. The first kappa shape index (κ1) is 32.3. The number of esters is 1. The van der Waals surface area contributed by atoms with E-state index in [0.717, 1.165) is 29.7 Å². The Morgan fingerprint density at radius 1 is 0.919 bits per heavy atom. The van der Waals surface area contributed by atoms with Gasteiger partial charge in [0.15, 0.2) is 0 Å². The predicted octanol–water partition coefficient (Wildman–Crippen LogP) is 0.826. The van der Waals surface area contributed by atoms with Gasteiger partial charge in [0.2, 0.25) is 11.8 Å². The number of rotatable bonds is 8. The molecule has 0 atom stereocenters. The zero-order chi connectivity index (χ0) is 29.3. The molecular formula is C19H24B2F6N2O7S. The zero-order valence-electron chi connectivity index (χ0n) is 20.7. The molecule has 37 heavy (non-hydrogen) atoms. The number of benzene rings is 1. The maximum Gasteiger partial charge on any atom is 0.438 e. The number of carbonyl (C=O) groups excluding carboxylic acids is 3. The molecule has 0 bridgehead atoms. The molecule has 1 N–H and O–H groups in total. The molecule has 18 heteroatoms. The Morgan fingerprint density at radius 3 is 1.68 bits per heavy atom. The van der Waals surface area contributed by atoms with Crippen LogP contribution in [-0.4, -0.2) is 84.2 Å². The lowest BCUT2D eigenvalue weighted by Gasteiger charge is -2.36. The van der Waals surface area contributed by atoms with Crippen molar-refractivity contribution in [3.8, 4) is 0 Å². The number of hydrogen-bond donors (Lipinski definition) is 1. The molecule has 0 aliphatic heterocycles. The van der Waals surface area contributed by atoms with Gasteiger partial charge in [-0.3, -0.25) is 14.1 Å².